The summed E-state index contributed by atoms with van der Waals surface area (Å²) in [5, 5.41) is 18.5. The molecular weight excluding hydrogens is 150 g/mol. The summed E-state index contributed by atoms with van der Waals surface area (Å²) in [5.74, 6) is -0.578. The molecule has 2 rings (SSSR count). The lowest BCUT2D eigenvalue weighted by Gasteiger charge is -2.51. The number of hydrogen-bond donors (Lipinski definition) is 2. The van der Waals surface area contributed by atoms with Gasteiger partial charge in [-0.3, -0.25) is 0 Å². The van der Waals surface area contributed by atoms with Crippen molar-refractivity contribution >= 4 is 11.8 Å². The number of nitrogens with zero attached hydrogens (tertiary/aromatic N) is 1. The largest absolute Gasteiger partial charge is 0.349 e. The minimum absolute atomic E-state index is 0.292. The molecule has 0 amide bonds. The molecule has 0 spiro atoms. The summed E-state index contributed by atoms with van der Waals surface area (Å²) >= 11 is 1.73. The smallest absolute Gasteiger partial charge is 0.250 e. The average molecular weight is 159 g/mol. The first-order valence-electron chi connectivity index (χ1n) is 3.21. The van der Waals surface area contributed by atoms with Gasteiger partial charge in [-0.1, -0.05) is 6.08 Å². The molecule has 2 N–H and O–H groups in total. The predicted octanol–water partition coefficient (Wildman–Crippen LogP) is -0.0829. The second-order valence-corrected chi connectivity index (χ2v) is 3.77. The number of rotatable bonds is 0. The van der Waals surface area contributed by atoms with Gasteiger partial charge in [0.05, 0.1) is 11.8 Å². The van der Waals surface area contributed by atoms with Crippen LogP contribution in [0.2, 0.25) is 0 Å². The minimum Gasteiger partial charge on any atom is -0.349 e. The third kappa shape index (κ3) is 0.761. The van der Waals surface area contributed by atoms with Gasteiger partial charge < -0.3 is 15.1 Å². The fraction of sp³-hybridized carbons (Fsp3) is 0.667. The molecule has 2 aliphatic rings. The topological polar surface area (TPSA) is 43.7 Å². The lowest BCUT2D eigenvalue weighted by atomic mass is 10.1. The number of hydrogen-bond acceptors (Lipinski definition) is 4. The molecule has 0 aromatic rings. The predicted molar refractivity (Wildman–Crippen MR) is 39.0 cm³/mol. The molecule has 1 fully saturated rings. The Hall–Kier alpha value is -0.190. The molecule has 10 heavy (non-hydrogen) atoms. The van der Waals surface area contributed by atoms with E-state index in [0.717, 1.165) is 5.75 Å². The maximum atomic E-state index is 9.13. The van der Waals surface area contributed by atoms with Crippen LogP contribution in [-0.2, 0) is 0 Å². The van der Waals surface area contributed by atoms with E-state index in [4.69, 9.17) is 10.2 Å². The Kier molecular flexibility index (Phi) is 1.24. The number of thioether (sulfide) groups is 1. The van der Waals surface area contributed by atoms with E-state index in [1.54, 1.807) is 22.9 Å². The summed E-state index contributed by atoms with van der Waals surface area (Å²) < 4.78 is 0. The van der Waals surface area contributed by atoms with E-state index < -0.39 is 5.91 Å². The van der Waals surface area contributed by atoms with Crippen LogP contribution < -0.4 is 0 Å². The van der Waals surface area contributed by atoms with Gasteiger partial charge in [-0.2, -0.15) is 0 Å². The zero-order chi connectivity index (χ0) is 7.19. The quantitative estimate of drug-likeness (QED) is 0.485. The lowest BCUT2D eigenvalue weighted by Crippen LogP contribution is -2.63. The Bertz CT molecular complexity index is 181. The lowest BCUT2D eigenvalue weighted by molar-refractivity contribution is -0.309. The summed E-state index contributed by atoms with van der Waals surface area (Å²) in [7, 11) is 0. The maximum Gasteiger partial charge on any atom is 0.250 e. The van der Waals surface area contributed by atoms with E-state index in [1.807, 2.05) is 6.08 Å². The summed E-state index contributed by atoms with van der Waals surface area (Å²) in [4.78, 5) is 1.57. The van der Waals surface area contributed by atoms with Crippen LogP contribution in [0.3, 0.4) is 0 Å². The second kappa shape index (κ2) is 1.90. The Morgan fingerprint density at radius 2 is 2.40 bits per heavy atom. The average Bonchev–Trinajstić information content (AvgIpc) is 1.86. The highest BCUT2D eigenvalue weighted by Crippen LogP contribution is 2.41. The highest BCUT2D eigenvalue weighted by Gasteiger charge is 2.48. The minimum atomic E-state index is -1.56. The third-order valence-electron chi connectivity index (χ3n) is 1.82. The van der Waals surface area contributed by atoms with Crippen LogP contribution in [0.15, 0.2) is 12.3 Å². The molecule has 56 valence electrons. The standard InChI is InChI=1S/C6H9NO2S/c8-6(9)4-5-7(6)2-1-3-10-5/h1-2,5,8-9H,3-4H2/t5-/m0/s1. The maximum absolute atomic E-state index is 9.13. The molecule has 3 nitrogen and oxygen atoms in total. The van der Waals surface area contributed by atoms with Gasteiger partial charge in [-0.05, 0) is 0 Å². The summed E-state index contributed by atoms with van der Waals surface area (Å²) in [6, 6.07) is 0. The molecule has 0 aliphatic carbocycles. The van der Waals surface area contributed by atoms with Gasteiger partial charge >= 0.3 is 0 Å². The van der Waals surface area contributed by atoms with E-state index in [0.29, 0.717) is 11.8 Å². The van der Waals surface area contributed by atoms with Crippen molar-refractivity contribution in [2.24, 2.45) is 0 Å². The van der Waals surface area contributed by atoms with Crippen LogP contribution in [-0.4, -0.2) is 32.2 Å². The highest BCUT2D eigenvalue weighted by atomic mass is 32.2. The molecule has 1 atom stereocenters. The fourth-order valence-corrected chi connectivity index (χ4v) is 2.39. The highest BCUT2D eigenvalue weighted by molar-refractivity contribution is 8.00. The third-order valence-corrected chi connectivity index (χ3v) is 2.99. The van der Waals surface area contributed by atoms with Crippen LogP contribution in [0.25, 0.3) is 0 Å². The van der Waals surface area contributed by atoms with Crippen molar-refractivity contribution in [2.45, 2.75) is 17.7 Å². The SMILES string of the molecule is OC1(O)C[C@@H]2SCC=CN21. The van der Waals surface area contributed by atoms with E-state index in [2.05, 4.69) is 0 Å². The first-order valence-corrected chi connectivity index (χ1v) is 4.26. The Labute approximate surface area is 63.3 Å². The van der Waals surface area contributed by atoms with Crippen molar-refractivity contribution in [3.63, 3.8) is 0 Å². The molecule has 2 heterocycles. The van der Waals surface area contributed by atoms with E-state index in [1.165, 1.54) is 0 Å². The van der Waals surface area contributed by atoms with E-state index in [-0.39, 0.29) is 0 Å². The Balaban J connectivity index is 2.14. The Morgan fingerprint density at radius 3 is 2.90 bits per heavy atom. The van der Waals surface area contributed by atoms with E-state index >= 15 is 0 Å². The first-order chi connectivity index (χ1) is 4.70. The normalized spacial score (nSPS) is 35.0. The van der Waals surface area contributed by atoms with Gasteiger partial charge in [-0.15, -0.1) is 11.8 Å². The van der Waals surface area contributed by atoms with Crippen LogP contribution in [0.1, 0.15) is 6.42 Å². The summed E-state index contributed by atoms with van der Waals surface area (Å²) in [6.07, 6.45) is 4.15. The monoisotopic (exact) mass is 159 g/mol. The van der Waals surface area contributed by atoms with Crippen LogP contribution >= 0.6 is 11.8 Å². The zero-order valence-corrected chi connectivity index (χ0v) is 6.21. The van der Waals surface area contributed by atoms with Gasteiger partial charge in [0, 0.05) is 12.0 Å². The van der Waals surface area contributed by atoms with E-state index in [9.17, 15) is 0 Å². The van der Waals surface area contributed by atoms with Gasteiger partial charge in [0.2, 0.25) is 5.91 Å². The van der Waals surface area contributed by atoms with Crippen LogP contribution in [0, 0.1) is 0 Å². The molecule has 0 unspecified atom stereocenters. The van der Waals surface area contributed by atoms with Gasteiger partial charge in [-0.25, -0.2) is 0 Å². The summed E-state index contributed by atoms with van der Waals surface area (Å²) in [5.41, 5.74) is 0. The van der Waals surface area contributed by atoms with Crippen molar-refractivity contribution in [3.05, 3.63) is 12.3 Å². The van der Waals surface area contributed by atoms with Crippen molar-refractivity contribution in [3.8, 4) is 0 Å². The van der Waals surface area contributed by atoms with Crippen molar-refractivity contribution in [1.29, 1.82) is 0 Å². The number of fused-ring (bicyclic) bond motifs is 1. The number of aliphatic hydroxyl groups is 2. The summed E-state index contributed by atoms with van der Waals surface area (Å²) in [6.45, 7) is 0. The van der Waals surface area contributed by atoms with Crippen molar-refractivity contribution in [1.82, 2.24) is 4.90 Å². The van der Waals surface area contributed by atoms with Crippen molar-refractivity contribution < 1.29 is 10.2 Å². The van der Waals surface area contributed by atoms with Gasteiger partial charge in [0.15, 0.2) is 0 Å². The second-order valence-electron chi connectivity index (χ2n) is 2.56. The van der Waals surface area contributed by atoms with Crippen LogP contribution in [0.5, 0.6) is 0 Å². The Morgan fingerprint density at radius 1 is 1.60 bits per heavy atom. The van der Waals surface area contributed by atoms with Gasteiger partial charge in [0.1, 0.15) is 0 Å². The molecular formula is C6H9NO2S. The molecule has 1 saturated heterocycles. The zero-order valence-electron chi connectivity index (χ0n) is 5.40. The molecule has 0 saturated carbocycles. The van der Waals surface area contributed by atoms with Crippen LogP contribution in [0.4, 0.5) is 0 Å². The molecule has 4 heteroatoms. The first kappa shape index (κ1) is 6.52. The fourth-order valence-electron chi connectivity index (χ4n) is 1.23. The molecule has 0 bridgehead atoms. The molecule has 0 radical (unpaired) electrons. The van der Waals surface area contributed by atoms with Crippen molar-refractivity contribution in [2.75, 3.05) is 5.75 Å². The molecule has 0 aromatic carbocycles. The van der Waals surface area contributed by atoms with Gasteiger partial charge in [0.25, 0.3) is 0 Å². The molecule has 0 aromatic heterocycles. The molecule has 2 aliphatic heterocycles.